The summed E-state index contributed by atoms with van der Waals surface area (Å²) in [5, 5.41) is 1.77. The van der Waals surface area contributed by atoms with E-state index in [2.05, 4.69) is 4.72 Å². The van der Waals surface area contributed by atoms with E-state index in [1.54, 1.807) is 17.5 Å². The SMILES string of the molecule is O=S(=O)(NC1CC1)c1cccs1. The highest BCUT2D eigenvalue weighted by Gasteiger charge is 2.28. The van der Waals surface area contributed by atoms with Crippen molar-refractivity contribution in [3.63, 3.8) is 0 Å². The van der Waals surface area contributed by atoms with Crippen LogP contribution in [0.15, 0.2) is 21.7 Å². The molecule has 5 heteroatoms. The normalized spacial score (nSPS) is 18.0. The topological polar surface area (TPSA) is 46.2 Å². The minimum atomic E-state index is -3.19. The van der Waals surface area contributed by atoms with E-state index in [1.807, 2.05) is 0 Å². The molecular weight excluding hydrogens is 194 g/mol. The number of rotatable bonds is 3. The Morgan fingerprint density at radius 2 is 2.25 bits per heavy atom. The van der Waals surface area contributed by atoms with Crippen LogP contribution in [0, 0.1) is 0 Å². The zero-order chi connectivity index (χ0) is 8.60. The van der Waals surface area contributed by atoms with E-state index in [9.17, 15) is 8.42 Å². The first-order valence-electron chi connectivity index (χ1n) is 3.74. The molecule has 0 radical (unpaired) electrons. The van der Waals surface area contributed by atoms with Gasteiger partial charge in [0, 0.05) is 6.04 Å². The molecule has 1 aliphatic carbocycles. The molecule has 1 aliphatic rings. The van der Waals surface area contributed by atoms with E-state index < -0.39 is 10.0 Å². The van der Waals surface area contributed by atoms with Gasteiger partial charge in [-0.25, -0.2) is 13.1 Å². The third-order valence-corrected chi connectivity index (χ3v) is 4.58. The van der Waals surface area contributed by atoms with Crippen molar-refractivity contribution < 1.29 is 8.42 Å². The van der Waals surface area contributed by atoms with Crippen molar-refractivity contribution in [3.05, 3.63) is 17.5 Å². The van der Waals surface area contributed by atoms with E-state index in [0.29, 0.717) is 4.21 Å². The first kappa shape index (κ1) is 8.22. The second kappa shape index (κ2) is 2.83. The lowest BCUT2D eigenvalue weighted by molar-refractivity contribution is 0.583. The highest BCUT2D eigenvalue weighted by molar-refractivity contribution is 7.91. The van der Waals surface area contributed by atoms with Gasteiger partial charge in [0.2, 0.25) is 10.0 Å². The number of nitrogens with one attached hydrogen (secondary N) is 1. The summed E-state index contributed by atoms with van der Waals surface area (Å²) in [5.41, 5.74) is 0. The Balaban J connectivity index is 2.20. The fourth-order valence-electron chi connectivity index (χ4n) is 0.895. The monoisotopic (exact) mass is 203 g/mol. The van der Waals surface area contributed by atoms with Crippen LogP contribution in [-0.2, 0) is 10.0 Å². The largest absolute Gasteiger partial charge is 0.250 e. The van der Waals surface area contributed by atoms with Gasteiger partial charge < -0.3 is 0 Å². The average Bonchev–Trinajstić information content (AvgIpc) is 2.67. The van der Waals surface area contributed by atoms with Gasteiger partial charge in [-0.2, -0.15) is 0 Å². The molecule has 66 valence electrons. The first-order valence-corrected chi connectivity index (χ1v) is 6.10. The summed E-state index contributed by atoms with van der Waals surface area (Å²) in [6.45, 7) is 0. The maximum Gasteiger partial charge on any atom is 0.250 e. The van der Waals surface area contributed by atoms with Crippen molar-refractivity contribution in [1.29, 1.82) is 0 Å². The lowest BCUT2D eigenvalue weighted by atomic mass is 10.7. The third kappa shape index (κ3) is 1.68. The van der Waals surface area contributed by atoms with E-state index in [1.165, 1.54) is 11.3 Å². The summed E-state index contributed by atoms with van der Waals surface area (Å²) in [6.07, 6.45) is 1.95. The molecule has 0 bridgehead atoms. The predicted molar refractivity (Wildman–Crippen MR) is 47.7 cm³/mol. The zero-order valence-corrected chi connectivity index (χ0v) is 7.99. The summed E-state index contributed by atoms with van der Waals surface area (Å²) in [5.74, 6) is 0. The molecule has 1 N–H and O–H groups in total. The zero-order valence-electron chi connectivity index (χ0n) is 6.36. The second-order valence-corrected chi connectivity index (χ2v) is 5.72. The van der Waals surface area contributed by atoms with Gasteiger partial charge in [-0.1, -0.05) is 6.07 Å². The van der Waals surface area contributed by atoms with E-state index in [0.717, 1.165) is 12.8 Å². The van der Waals surface area contributed by atoms with Crippen molar-refractivity contribution >= 4 is 21.4 Å². The quantitative estimate of drug-likeness (QED) is 0.802. The van der Waals surface area contributed by atoms with Crippen LogP contribution in [0.4, 0.5) is 0 Å². The minimum absolute atomic E-state index is 0.192. The Kier molecular flexibility index (Phi) is 1.94. The van der Waals surface area contributed by atoms with Crippen molar-refractivity contribution in [2.24, 2.45) is 0 Å². The van der Waals surface area contributed by atoms with Gasteiger partial charge in [0.25, 0.3) is 0 Å². The second-order valence-electron chi connectivity index (χ2n) is 2.83. The molecule has 0 atom stereocenters. The summed E-state index contributed by atoms with van der Waals surface area (Å²) >= 11 is 1.25. The van der Waals surface area contributed by atoms with Crippen LogP contribution in [0.5, 0.6) is 0 Å². The van der Waals surface area contributed by atoms with E-state index >= 15 is 0 Å². The van der Waals surface area contributed by atoms with Gasteiger partial charge in [0.15, 0.2) is 0 Å². The molecule has 1 aromatic rings. The number of hydrogen-bond acceptors (Lipinski definition) is 3. The molecule has 2 rings (SSSR count). The molecule has 0 unspecified atom stereocenters. The van der Waals surface area contributed by atoms with Crippen LogP contribution >= 0.6 is 11.3 Å². The van der Waals surface area contributed by atoms with E-state index in [-0.39, 0.29) is 6.04 Å². The molecule has 0 aliphatic heterocycles. The number of sulfonamides is 1. The van der Waals surface area contributed by atoms with Crippen LogP contribution < -0.4 is 4.72 Å². The lowest BCUT2D eigenvalue weighted by Crippen LogP contribution is -2.24. The van der Waals surface area contributed by atoms with Crippen molar-refractivity contribution in [2.75, 3.05) is 0 Å². The van der Waals surface area contributed by atoms with Gasteiger partial charge in [-0.3, -0.25) is 0 Å². The fourth-order valence-corrected chi connectivity index (χ4v) is 3.21. The Bertz CT molecular complexity index is 351. The highest BCUT2D eigenvalue weighted by Crippen LogP contribution is 2.23. The number of thiophene rings is 1. The third-order valence-electron chi connectivity index (χ3n) is 1.66. The van der Waals surface area contributed by atoms with E-state index in [4.69, 9.17) is 0 Å². The first-order chi connectivity index (χ1) is 5.68. The van der Waals surface area contributed by atoms with Crippen LogP contribution in [0.1, 0.15) is 12.8 Å². The van der Waals surface area contributed by atoms with Crippen LogP contribution in [-0.4, -0.2) is 14.5 Å². The highest BCUT2D eigenvalue weighted by atomic mass is 32.2. The van der Waals surface area contributed by atoms with Gasteiger partial charge in [-0.05, 0) is 24.3 Å². The Labute approximate surface area is 75.5 Å². The predicted octanol–water partition coefficient (Wildman–Crippen LogP) is 1.19. The lowest BCUT2D eigenvalue weighted by Gasteiger charge is -2.00. The Morgan fingerprint density at radius 3 is 2.75 bits per heavy atom. The average molecular weight is 203 g/mol. The number of hydrogen-bond donors (Lipinski definition) is 1. The molecule has 0 spiro atoms. The van der Waals surface area contributed by atoms with Crippen LogP contribution in [0.2, 0.25) is 0 Å². The summed E-state index contributed by atoms with van der Waals surface area (Å²) in [6, 6.07) is 3.55. The van der Waals surface area contributed by atoms with Gasteiger partial charge in [-0.15, -0.1) is 11.3 Å². The van der Waals surface area contributed by atoms with Gasteiger partial charge >= 0.3 is 0 Å². The Hall–Kier alpha value is -0.390. The molecule has 0 saturated heterocycles. The smallest absolute Gasteiger partial charge is 0.207 e. The van der Waals surface area contributed by atoms with Crippen LogP contribution in [0.25, 0.3) is 0 Å². The van der Waals surface area contributed by atoms with Crippen molar-refractivity contribution in [2.45, 2.75) is 23.1 Å². The molecule has 3 nitrogen and oxygen atoms in total. The van der Waals surface area contributed by atoms with Crippen LogP contribution in [0.3, 0.4) is 0 Å². The van der Waals surface area contributed by atoms with Gasteiger partial charge in [0.1, 0.15) is 4.21 Å². The molecule has 1 saturated carbocycles. The maximum atomic E-state index is 11.4. The molecule has 1 heterocycles. The van der Waals surface area contributed by atoms with Gasteiger partial charge in [0.05, 0.1) is 0 Å². The fraction of sp³-hybridized carbons (Fsp3) is 0.429. The van der Waals surface area contributed by atoms with Crippen molar-refractivity contribution in [1.82, 2.24) is 4.72 Å². The molecule has 0 aromatic carbocycles. The Morgan fingerprint density at radius 1 is 1.50 bits per heavy atom. The minimum Gasteiger partial charge on any atom is -0.207 e. The summed E-state index contributed by atoms with van der Waals surface area (Å²) in [4.78, 5) is 0. The maximum absolute atomic E-state index is 11.4. The standard InChI is InChI=1S/C7H9NO2S2/c9-12(10,8-6-3-4-6)7-2-1-5-11-7/h1-2,5-6,8H,3-4H2. The summed E-state index contributed by atoms with van der Waals surface area (Å²) < 4.78 is 25.9. The molecule has 1 aromatic heterocycles. The molecule has 0 amide bonds. The molecule has 1 fully saturated rings. The van der Waals surface area contributed by atoms with Crippen molar-refractivity contribution in [3.8, 4) is 0 Å². The molecular formula is C7H9NO2S2. The summed E-state index contributed by atoms with van der Waals surface area (Å²) in [7, 11) is -3.19. The molecule has 12 heavy (non-hydrogen) atoms.